The first kappa shape index (κ1) is 16.3. The van der Waals surface area contributed by atoms with Crippen molar-refractivity contribution in [1.82, 2.24) is 0 Å². The zero-order valence-electron chi connectivity index (χ0n) is 12.3. The van der Waals surface area contributed by atoms with Gasteiger partial charge in [0, 0.05) is 24.0 Å². The van der Waals surface area contributed by atoms with Crippen molar-refractivity contribution >= 4 is 21.9 Å². The highest BCUT2D eigenvalue weighted by atomic mass is 79.9. The molecule has 1 aliphatic rings. The molecule has 1 aliphatic heterocycles. The third-order valence-electron chi connectivity index (χ3n) is 3.75. The highest BCUT2D eigenvalue weighted by Gasteiger charge is 2.33. The Hall–Kier alpha value is -1.07. The summed E-state index contributed by atoms with van der Waals surface area (Å²) >= 11 is 3.59. The predicted octanol–water partition coefficient (Wildman–Crippen LogP) is 3.43. The fraction of sp³-hybridized carbons (Fsp3) is 0.562. The second kappa shape index (κ2) is 7.80. The summed E-state index contributed by atoms with van der Waals surface area (Å²) in [6, 6.07) is 7.22. The van der Waals surface area contributed by atoms with Gasteiger partial charge in [0.1, 0.15) is 11.3 Å². The first-order chi connectivity index (χ1) is 10.2. The van der Waals surface area contributed by atoms with E-state index in [1.54, 1.807) is 13.0 Å². The summed E-state index contributed by atoms with van der Waals surface area (Å²) in [5.41, 5.74) is 0.552. The van der Waals surface area contributed by atoms with Crippen LogP contribution in [0.1, 0.15) is 30.1 Å². The van der Waals surface area contributed by atoms with Crippen LogP contribution in [0.4, 0.5) is 0 Å². The van der Waals surface area contributed by atoms with Gasteiger partial charge in [-0.1, -0.05) is 28.1 Å². The molecule has 0 N–H and O–H groups in total. The van der Waals surface area contributed by atoms with Crippen LogP contribution in [0.25, 0.3) is 0 Å². The lowest BCUT2D eigenvalue weighted by Crippen LogP contribution is -2.36. The highest BCUT2D eigenvalue weighted by Crippen LogP contribution is 2.34. The number of esters is 1. The molecule has 0 aromatic heterocycles. The van der Waals surface area contributed by atoms with Crippen molar-refractivity contribution in [1.29, 1.82) is 0 Å². The lowest BCUT2D eigenvalue weighted by Gasteiger charge is -2.35. The maximum absolute atomic E-state index is 11.9. The Morgan fingerprint density at radius 1 is 1.33 bits per heavy atom. The van der Waals surface area contributed by atoms with Crippen LogP contribution in [0.5, 0.6) is 5.75 Å². The molecule has 2 rings (SSSR count). The van der Waals surface area contributed by atoms with Gasteiger partial charge in [0.05, 0.1) is 13.2 Å². The maximum atomic E-state index is 11.9. The van der Waals surface area contributed by atoms with Gasteiger partial charge in [-0.25, -0.2) is 4.79 Å². The Kier molecular flexibility index (Phi) is 6.06. The highest BCUT2D eigenvalue weighted by molar-refractivity contribution is 9.09. The molecule has 5 heteroatoms. The summed E-state index contributed by atoms with van der Waals surface area (Å²) in [4.78, 5) is 11.9. The van der Waals surface area contributed by atoms with E-state index in [1.165, 1.54) is 0 Å². The SMILES string of the molecule is CCOC(=O)c1ccccc1OCC1(CBr)CCOCC1. The third kappa shape index (κ3) is 4.20. The molecule has 0 aliphatic carbocycles. The minimum Gasteiger partial charge on any atom is -0.492 e. The average Bonchev–Trinajstić information content (AvgIpc) is 2.54. The second-order valence-corrected chi connectivity index (χ2v) is 5.81. The molecular weight excluding hydrogens is 336 g/mol. The zero-order chi connectivity index (χ0) is 15.1. The van der Waals surface area contributed by atoms with Crippen LogP contribution >= 0.6 is 15.9 Å². The molecular formula is C16H21BrO4. The molecule has 1 aromatic rings. The molecule has 1 saturated heterocycles. The normalized spacial score (nSPS) is 17.2. The Morgan fingerprint density at radius 2 is 2.05 bits per heavy atom. The van der Waals surface area contributed by atoms with Gasteiger partial charge in [-0.05, 0) is 31.9 Å². The summed E-state index contributed by atoms with van der Waals surface area (Å²) in [6.07, 6.45) is 1.92. The molecule has 0 saturated carbocycles. The van der Waals surface area contributed by atoms with Gasteiger partial charge in [0.15, 0.2) is 0 Å². The van der Waals surface area contributed by atoms with E-state index < -0.39 is 0 Å². The Labute approximate surface area is 133 Å². The Bertz CT molecular complexity index is 469. The minimum absolute atomic E-state index is 0.0695. The van der Waals surface area contributed by atoms with Gasteiger partial charge in [-0.15, -0.1) is 0 Å². The molecule has 0 unspecified atom stereocenters. The van der Waals surface area contributed by atoms with Gasteiger partial charge in [0.2, 0.25) is 0 Å². The summed E-state index contributed by atoms with van der Waals surface area (Å²) in [6.45, 7) is 4.24. The molecule has 21 heavy (non-hydrogen) atoms. The van der Waals surface area contributed by atoms with Crippen LogP contribution in [0.15, 0.2) is 24.3 Å². The van der Waals surface area contributed by atoms with Gasteiger partial charge in [0.25, 0.3) is 0 Å². The van der Waals surface area contributed by atoms with Crippen molar-refractivity contribution in [2.24, 2.45) is 5.41 Å². The zero-order valence-corrected chi connectivity index (χ0v) is 13.9. The predicted molar refractivity (Wildman–Crippen MR) is 84.2 cm³/mol. The third-order valence-corrected chi connectivity index (χ3v) is 4.94. The van der Waals surface area contributed by atoms with Gasteiger partial charge in [-0.3, -0.25) is 0 Å². The molecule has 0 radical (unpaired) electrons. The van der Waals surface area contributed by atoms with E-state index >= 15 is 0 Å². The van der Waals surface area contributed by atoms with Crippen LogP contribution in [0.2, 0.25) is 0 Å². The topological polar surface area (TPSA) is 44.8 Å². The fourth-order valence-electron chi connectivity index (χ4n) is 2.32. The molecule has 1 aromatic carbocycles. The lowest BCUT2D eigenvalue weighted by atomic mass is 9.83. The van der Waals surface area contributed by atoms with E-state index in [-0.39, 0.29) is 11.4 Å². The fourth-order valence-corrected chi connectivity index (χ4v) is 3.04. The first-order valence-corrected chi connectivity index (χ1v) is 8.35. The number of alkyl halides is 1. The van der Waals surface area contributed by atoms with Gasteiger partial charge in [-0.2, -0.15) is 0 Å². The molecule has 1 fully saturated rings. The number of benzene rings is 1. The van der Waals surface area contributed by atoms with Crippen molar-refractivity contribution in [3.8, 4) is 5.75 Å². The van der Waals surface area contributed by atoms with Gasteiger partial charge < -0.3 is 14.2 Å². The summed E-state index contributed by atoms with van der Waals surface area (Å²) < 4.78 is 16.4. The Balaban J connectivity index is 2.07. The summed E-state index contributed by atoms with van der Waals surface area (Å²) in [7, 11) is 0. The minimum atomic E-state index is -0.340. The number of halogens is 1. The molecule has 1 heterocycles. The monoisotopic (exact) mass is 356 g/mol. The molecule has 0 atom stereocenters. The quantitative estimate of drug-likeness (QED) is 0.578. The number of hydrogen-bond donors (Lipinski definition) is 0. The largest absolute Gasteiger partial charge is 0.492 e. The van der Waals surface area contributed by atoms with Crippen molar-refractivity contribution in [2.75, 3.05) is 31.8 Å². The molecule has 0 spiro atoms. The Morgan fingerprint density at radius 3 is 2.71 bits per heavy atom. The smallest absolute Gasteiger partial charge is 0.341 e. The first-order valence-electron chi connectivity index (χ1n) is 7.23. The van der Waals surface area contributed by atoms with E-state index in [9.17, 15) is 4.79 Å². The van der Waals surface area contributed by atoms with E-state index in [1.807, 2.05) is 18.2 Å². The maximum Gasteiger partial charge on any atom is 0.341 e. The number of para-hydroxylation sites is 1. The summed E-state index contributed by atoms with van der Waals surface area (Å²) in [5, 5.41) is 0.866. The van der Waals surface area contributed by atoms with E-state index in [4.69, 9.17) is 14.2 Å². The number of ether oxygens (including phenoxy) is 3. The van der Waals surface area contributed by atoms with Crippen LogP contribution in [0.3, 0.4) is 0 Å². The molecule has 0 amide bonds. The van der Waals surface area contributed by atoms with E-state index in [0.29, 0.717) is 24.5 Å². The second-order valence-electron chi connectivity index (χ2n) is 5.25. The lowest BCUT2D eigenvalue weighted by molar-refractivity contribution is 0.00312. The van der Waals surface area contributed by atoms with Crippen molar-refractivity contribution < 1.29 is 19.0 Å². The standard InChI is InChI=1S/C16H21BrO4/c1-2-20-15(18)13-5-3-4-6-14(13)21-12-16(11-17)7-9-19-10-8-16/h3-6H,2,7-12H2,1H3. The average molecular weight is 357 g/mol. The van der Waals surface area contributed by atoms with E-state index in [0.717, 1.165) is 31.4 Å². The van der Waals surface area contributed by atoms with Crippen LogP contribution < -0.4 is 4.74 Å². The number of carbonyl (C=O) groups is 1. The number of hydrogen-bond acceptors (Lipinski definition) is 4. The van der Waals surface area contributed by atoms with Crippen molar-refractivity contribution in [2.45, 2.75) is 19.8 Å². The molecule has 0 bridgehead atoms. The van der Waals surface area contributed by atoms with E-state index in [2.05, 4.69) is 15.9 Å². The summed E-state index contributed by atoms with van der Waals surface area (Å²) in [5.74, 6) is 0.246. The van der Waals surface area contributed by atoms with Gasteiger partial charge >= 0.3 is 5.97 Å². The van der Waals surface area contributed by atoms with Crippen molar-refractivity contribution in [3.63, 3.8) is 0 Å². The molecule has 4 nitrogen and oxygen atoms in total. The number of rotatable bonds is 6. The van der Waals surface area contributed by atoms with Crippen LogP contribution in [0, 0.1) is 5.41 Å². The van der Waals surface area contributed by atoms with Crippen LogP contribution in [-0.4, -0.2) is 37.7 Å². The van der Waals surface area contributed by atoms with Crippen LogP contribution in [-0.2, 0) is 9.47 Å². The molecule has 116 valence electrons. The number of carbonyl (C=O) groups excluding carboxylic acids is 1. The van der Waals surface area contributed by atoms with Crippen molar-refractivity contribution in [3.05, 3.63) is 29.8 Å².